The Balaban J connectivity index is 2.75. The van der Waals surface area contributed by atoms with Crippen LogP contribution in [-0.2, 0) is 0 Å². The van der Waals surface area contributed by atoms with Crippen molar-refractivity contribution in [2.24, 2.45) is 4.99 Å². The normalized spacial score (nSPS) is 20.4. The van der Waals surface area contributed by atoms with E-state index in [0.29, 0.717) is 0 Å². The zero-order valence-corrected chi connectivity index (χ0v) is 12.2. The number of amidine groups is 1. The van der Waals surface area contributed by atoms with Gasteiger partial charge in [0.15, 0.2) is 5.17 Å². The van der Waals surface area contributed by atoms with Crippen molar-refractivity contribution >= 4 is 16.9 Å². The maximum Gasteiger partial charge on any atom is 0.157 e. The fourth-order valence-corrected chi connectivity index (χ4v) is 3.46. The lowest BCUT2D eigenvalue weighted by molar-refractivity contribution is 0.339. The van der Waals surface area contributed by atoms with Gasteiger partial charge in [-0.15, -0.1) is 0 Å². The van der Waals surface area contributed by atoms with Gasteiger partial charge in [-0.3, -0.25) is 4.99 Å². The fraction of sp³-hybridized carbons (Fsp3) is 0.923. The summed E-state index contributed by atoms with van der Waals surface area (Å²) in [7, 11) is 0. The molecule has 1 aliphatic rings. The minimum Gasteiger partial charge on any atom is -0.360 e. The van der Waals surface area contributed by atoms with E-state index in [9.17, 15) is 0 Å². The molecule has 0 aromatic rings. The summed E-state index contributed by atoms with van der Waals surface area (Å²) in [5.74, 6) is 1.19. The van der Waals surface area contributed by atoms with E-state index in [-0.39, 0.29) is 11.1 Å². The molecule has 0 spiro atoms. The highest BCUT2D eigenvalue weighted by molar-refractivity contribution is 8.13. The van der Waals surface area contributed by atoms with Crippen LogP contribution in [0.1, 0.15) is 60.3 Å². The number of aliphatic imine (C=N–C) groups is 1. The van der Waals surface area contributed by atoms with Gasteiger partial charge in [-0.05, 0) is 39.5 Å². The van der Waals surface area contributed by atoms with Crippen LogP contribution in [0.4, 0.5) is 0 Å². The lowest BCUT2D eigenvalue weighted by Crippen LogP contribution is -2.47. The predicted molar refractivity (Wildman–Crippen MR) is 75.3 cm³/mol. The molecular weight excluding hydrogens is 216 g/mol. The summed E-state index contributed by atoms with van der Waals surface area (Å²) in [5.41, 5.74) is 0.369. The molecule has 0 aliphatic carbocycles. The lowest BCUT2D eigenvalue weighted by atomic mass is 9.90. The monoisotopic (exact) mass is 242 g/mol. The number of hydrogen-bond acceptors (Lipinski definition) is 3. The molecule has 0 radical (unpaired) electrons. The molecule has 0 fully saturated rings. The van der Waals surface area contributed by atoms with Gasteiger partial charge in [0.2, 0.25) is 0 Å². The molecule has 0 aromatic carbocycles. The quantitative estimate of drug-likeness (QED) is 0.810. The molecule has 0 saturated heterocycles. The smallest absolute Gasteiger partial charge is 0.157 e. The van der Waals surface area contributed by atoms with Crippen molar-refractivity contribution in [2.75, 3.05) is 5.75 Å². The molecule has 1 aliphatic heterocycles. The largest absolute Gasteiger partial charge is 0.360 e. The van der Waals surface area contributed by atoms with Gasteiger partial charge >= 0.3 is 0 Å². The number of nitrogens with zero attached hydrogens (tertiary/aromatic N) is 1. The second-order valence-electron chi connectivity index (χ2n) is 5.29. The first-order chi connectivity index (χ1) is 7.47. The minimum atomic E-state index is 0.120. The molecule has 1 rings (SSSR count). The first kappa shape index (κ1) is 13.9. The van der Waals surface area contributed by atoms with Crippen LogP contribution in [0.15, 0.2) is 4.99 Å². The van der Waals surface area contributed by atoms with E-state index >= 15 is 0 Å². The topological polar surface area (TPSA) is 24.4 Å². The molecule has 1 N–H and O–H groups in total. The standard InChI is InChI=1S/C13H26N2S/c1-6-13(7-2,8-3)15-11-14-12(4,5)9-10-16-11/h6-10H2,1-5H3,(H,14,15). The van der Waals surface area contributed by atoms with Crippen LogP contribution in [0.5, 0.6) is 0 Å². The molecule has 0 aromatic heterocycles. The number of nitrogens with one attached hydrogen (secondary N) is 1. The highest BCUT2D eigenvalue weighted by Gasteiger charge is 2.28. The van der Waals surface area contributed by atoms with Gasteiger partial charge < -0.3 is 5.32 Å². The minimum absolute atomic E-state index is 0.120. The van der Waals surface area contributed by atoms with Gasteiger partial charge in [-0.1, -0.05) is 32.5 Å². The van der Waals surface area contributed by atoms with E-state index in [1.165, 1.54) is 31.4 Å². The van der Waals surface area contributed by atoms with E-state index in [2.05, 4.69) is 39.9 Å². The summed E-state index contributed by atoms with van der Waals surface area (Å²) < 4.78 is 0. The first-order valence-corrected chi connectivity index (χ1v) is 7.46. The Morgan fingerprint density at radius 3 is 2.25 bits per heavy atom. The zero-order valence-electron chi connectivity index (χ0n) is 11.4. The van der Waals surface area contributed by atoms with Gasteiger partial charge in [0.1, 0.15) is 0 Å². The van der Waals surface area contributed by atoms with Crippen LogP contribution in [0.3, 0.4) is 0 Å². The van der Waals surface area contributed by atoms with Crippen molar-refractivity contribution in [3.05, 3.63) is 0 Å². The van der Waals surface area contributed by atoms with Gasteiger partial charge in [-0.25, -0.2) is 0 Å². The fourth-order valence-electron chi connectivity index (χ4n) is 2.07. The summed E-state index contributed by atoms with van der Waals surface area (Å²) in [6.45, 7) is 11.2. The van der Waals surface area contributed by atoms with Crippen molar-refractivity contribution in [3.8, 4) is 0 Å². The molecule has 2 nitrogen and oxygen atoms in total. The Bertz CT molecular complexity index is 246. The third-order valence-corrected chi connectivity index (χ3v) is 4.63. The second kappa shape index (κ2) is 5.44. The van der Waals surface area contributed by atoms with E-state index in [1.807, 2.05) is 11.8 Å². The Morgan fingerprint density at radius 2 is 1.81 bits per heavy atom. The Kier molecular flexibility index (Phi) is 4.72. The molecule has 0 atom stereocenters. The molecule has 0 unspecified atom stereocenters. The summed E-state index contributed by atoms with van der Waals surface area (Å²) in [6, 6.07) is 0. The molecule has 0 bridgehead atoms. The van der Waals surface area contributed by atoms with Crippen LogP contribution in [0.2, 0.25) is 0 Å². The molecular formula is C13H26N2S. The summed E-state index contributed by atoms with van der Waals surface area (Å²) >= 11 is 1.88. The van der Waals surface area contributed by atoms with Crippen LogP contribution in [0.25, 0.3) is 0 Å². The number of rotatable bonds is 4. The second-order valence-corrected chi connectivity index (χ2v) is 6.38. The lowest BCUT2D eigenvalue weighted by Gasteiger charge is -2.36. The molecule has 1 heterocycles. The van der Waals surface area contributed by atoms with Gasteiger partial charge in [0, 0.05) is 11.3 Å². The highest BCUT2D eigenvalue weighted by Crippen LogP contribution is 2.28. The maximum absolute atomic E-state index is 4.81. The van der Waals surface area contributed by atoms with Crippen LogP contribution >= 0.6 is 11.8 Å². The molecule has 0 saturated carbocycles. The summed E-state index contributed by atoms with van der Waals surface area (Å²) in [5, 5.41) is 4.84. The van der Waals surface area contributed by atoms with Crippen molar-refractivity contribution < 1.29 is 0 Å². The third kappa shape index (κ3) is 3.41. The average molecular weight is 242 g/mol. The predicted octanol–water partition coefficient (Wildman–Crippen LogP) is 3.82. The van der Waals surface area contributed by atoms with Crippen LogP contribution in [0, 0.1) is 0 Å². The maximum atomic E-state index is 4.81. The summed E-state index contributed by atoms with van der Waals surface area (Å²) in [4.78, 5) is 4.81. The Hall–Kier alpha value is -0.180. The van der Waals surface area contributed by atoms with E-state index < -0.39 is 0 Å². The summed E-state index contributed by atoms with van der Waals surface area (Å²) in [6.07, 6.45) is 4.68. The van der Waals surface area contributed by atoms with E-state index in [4.69, 9.17) is 4.99 Å². The third-order valence-electron chi connectivity index (χ3n) is 3.76. The van der Waals surface area contributed by atoms with E-state index in [1.54, 1.807) is 0 Å². The highest BCUT2D eigenvalue weighted by atomic mass is 32.2. The van der Waals surface area contributed by atoms with Crippen molar-refractivity contribution in [1.82, 2.24) is 5.32 Å². The van der Waals surface area contributed by atoms with Gasteiger partial charge in [-0.2, -0.15) is 0 Å². The molecule has 94 valence electrons. The van der Waals surface area contributed by atoms with Crippen LogP contribution in [-0.4, -0.2) is 22.0 Å². The molecule has 3 heteroatoms. The van der Waals surface area contributed by atoms with E-state index in [0.717, 1.165) is 5.17 Å². The van der Waals surface area contributed by atoms with Crippen molar-refractivity contribution in [2.45, 2.75) is 71.4 Å². The Labute approximate surface area is 105 Å². The van der Waals surface area contributed by atoms with Crippen LogP contribution < -0.4 is 5.32 Å². The SMILES string of the molecule is CCC(CC)(CC)NC1=NC(C)(C)CCS1. The van der Waals surface area contributed by atoms with Crippen molar-refractivity contribution in [3.63, 3.8) is 0 Å². The van der Waals surface area contributed by atoms with Gasteiger partial charge in [0.05, 0.1) is 5.54 Å². The van der Waals surface area contributed by atoms with Crippen molar-refractivity contribution in [1.29, 1.82) is 0 Å². The number of thioether (sulfide) groups is 1. The average Bonchev–Trinajstić information content (AvgIpc) is 2.25. The zero-order chi connectivity index (χ0) is 12.2. The Morgan fingerprint density at radius 1 is 1.25 bits per heavy atom. The number of hydrogen-bond donors (Lipinski definition) is 1. The molecule has 16 heavy (non-hydrogen) atoms. The van der Waals surface area contributed by atoms with Gasteiger partial charge in [0.25, 0.3) is 0 Å². The first-order valence-electron chi connectivity index (χ1n) is 6.48. The molecule has 0 amide bonds.